The number of benzene rings is 1. The van der Waals surface area contributed by atoms with Crippen LogP contribution >= 0.6 is 0 Å². The first kappa shape index (κ1) is 12.7. The van der Waals surface area contributed by atoms with Gasteiger partial charge in [-0.25, -0.2) is 0 Å². The van der Waals surface area contributed by atoms with E-state index in [1.54, 1.807) is 0 Å². The summed E-state index contributed by atoms with van der Waals surface area (Å²) in [5.74, 6) is 0.818. The molecule has 1 aromatic rings. The third kappa shape index (κ3) is 4.43. The maximum Gasteiger partial charge on any atom is 0.213 e. The summed E-state index contributed by atoms with van der Waals surface area (Å²) in [5, 5.41) is 8.29. The third-order valence-electron chi connectivity index (χ3n) is 1.92. The fourth-order valence-electron chi connectivity index (χ4n) is 1.17. The fraction of sp³-hybridized carbons (Fsp3) is 0.538. The van der Waals surface area contributed by atoms with Crippen molar-refractivity contribution in [3.8, 4) is 5.75 Å². The van der Waals surface area contributed by atoms with Crippen molar-refractivity contribution in [1.82, 2.24) is 0 Å². The topological polar surface area (TPSA) is 34.0 Å². The number of rotatable bonds is 4. The van der Waals surface area contributed by atoms with Crippen LogP contribution in [0.3, 0.4) is 0 Å². The molecule has 3 nitrogen and oxygen atoms in total. The van der Waals surface area contributed by atoms with Gasteiger partial charge < -0.3 is 4.74 Å². The van der Waals surface area contributed by atoms with Gasteiger partial charge in [0.2, 0.25) is 5.72 Å². The molecular formula is C13H20N2O. The highest BCUT2D eigenvalue weighted by Gasteiger charge is 2.18. The van der Waals surface area contributed by atoms with E-state index in [9.17, 15) is 0 Å². The van der Waals surface area contributed by atoms with Crippen molar-refractivity contribution in [3.63, 3.8) is 0 Å². The summed E-state index contributed by atoms with van der Waals surface area (Å²) in [6.45, 7) is 9.84. The summed E-state index contributed by atoms with van der Waals surface area (Å²) in [6, 6.07) is 8.13. The van der Waals surface area contributed by atoms with E-state index in [1.165, 1.54) is 5.56 Å². The molecule has 0 aromatic heterocycles. The molecule has 0 amide bonds. The largest absolute Gasteiger partial charge is 0.465 e. The molecule has 0 saturated heterocycles. The first-order valence-corrected chi connectivity index (χ1v) is 5.57. The van der Waals surface area contributed by atoms with Gasteiger partial charge in [-0.05, 0) is 46.8 Å². The zero-order valence-corrected chi connectivity index (χ0v) is 10.7. The van der Waals surface area contributed by atoms with E-state index in [2.05, 4.69) is 10.2 Å². The zero-order valence-electron chi connectivity index (χ0n) is 10.7. The second-order valence-corrected chi connectivity index (χ2v) is 4.67. The average Bonchev–Trinajstić information content (AvgIpc) is 2.19. The smallest absolute Gasteiger partial charge is 0.213 e. The molecule has 0 spiro atoms. The molecule has 0 fully saturated rings. The van der Waals surface area contributed by atoms with Crippen LogP contribution in [0.2, 0.25) is 0 Å². The first-order chi connectivity index (χ1) is 7.39. The summed E-state index contributed by atoms with van der Waals surface area (Å²) in [7, 11) is 0. The Balaban J connectivity index is 2.68. The Labute approximate surface area is 97.5 Å². The number of hydrogen-bond donors (Lipinski definition) is 0. The normalized spacial score (nSPS) is 12.4. The van der Waals surface area contributed by atoms with Crippen molar-refractivity contribution >= 4 is 0 Å². The number of azo groups is 1. The van der Waals surface area contributed by atoms with Crippen molar-refractivity contribution < 1.29 is 4.74 Å². The van der Waals surface area contributed by atoms with Gasteiger partial charge in [-0.3, -0.25) is 0 Å². The lowest BCUT2D eigenvalue weighted by atomic mass is 10.2. The molecule has 0 radical (unpaired) electrons. The van der Waals surface area contributed by atoms with Crippen LogP contribution in [0.4, 0.5) is 0 Å². The number of hydrogen-bond acceptors (Lipinski definition) is 3. The van der Waals surface area contributed by atoms with Crippen LogP contribution in [0, 0.1) is 6.92 Å². The Morgan fingerprint density at radius 2 is 1.69 bits per heavy atom. The third-order valence-corrected chi connectivity index (χ3v) is 1.92. The lowest BCUT2D eigenvalue weighted by Crippen LogP contribution is -2.25. The molecule has 1 rings (SSSR count). The highest BCUT2D eigenvalue weighted by Crippen LogP contribution is 2.20. The molecule has 0 bridgehead atoms. The van der Waals surface area contributed by atoms with Crippen LogP contribution in [0.5, 0.6) is 5.75 Å². The monoisotopic (exact) mass is 220 g/mol. The van der Waals surface area contributed by atoms with Gasteiger partial charge in [-0.15, -0.1) is 5.11 Å². The minimum absolute atomic E-state index is 0.195. The summed E-state index contributed by atoms with van der Waals surface area (Å²) >= 11 is 0. The van der Waals surface area contributed by atoms with Crippen LogP contribution in [-0.2, 0) is 0 Å². The highest BCUT2D eigenvalue weighted by atomic mass is 16.5. The van der Waals surface area contributed by atoms with Gasteiger partial charge >= 0.3 is 0 Å². The summed E-state index contributed by atoms with van der Waals surface area (Å²) in [6.07, 6.45) is 0. The van der Waals surface area contributed by atoms with Gasteiger partial charge in [-0.1, -0.05) is 17.7 Å². The van der Waals surface area contributed by atoms with E-state index < -0.39 is 5.72 Å². The average molecular weight is 220 g/mol. The minimum Gasteiger partial charge on any atom is -0.465 e. The van der Waals surface area contributed by atoms with Crippen molar-refractivity contribution in [1.29, 1.82) is 0 Å². The molecular weight excluding hydrogens is 200 g/mol. The summed E-state index contributed by atoms with van der Waals surface area (Å²) in [4.78, 5) is 0. The van der Waals surface area contributed by atoms with E-state index in [-0.39, 0.29) is 6.04 Å². The van der Waals surface area contributed by atoms with Gasteiger partial charge in [0.25, 0.3) is 0 Å². The van der Waals surface area contributed by atoms with E-state index >= 15 is 0 Å². The van der Waals surface area contributed by atoms with Crippen LogP contribution in [0.25, 0.3) is 0 Å². The van der Waals surface area contributed by atoms with E-state index in [1.807, 2.05) is 58.9 Å². The number of aryl methyl sites for hydroxylation is 1. The molecule has 0 saturated carbocycles. The van der Waals surface area contributed by atoms with Crippen LogP contribution in [0.15, 0.2) is 34.5 Å². The van der Waals surface area contributed by atoms with E-state index in [4.69, 9.17) is 4.74 Å². The van der Waals surface area contributed by atoms with Crippen molar-refractivity contribution in [2.45, 2.75) is 46.4 Å². The quantitative estimate of drug-likeness (QED) is 0.707. The number of ether oxygens (including phenoxy) is 1. The molecule has 0 aliphatic carbocycles. The Kier molecular flexibility index (Phi) is 4.05. The second kappa shape index (κ2) is 5.10. The molecule has 0 aliphatic heterocycles. The maximum absolute atomic E-state index is 5.75. The molecule has 16 heavy (non-hydrogen) atoms. The summed E-state index contributed by atoms with van der Waals surface area (Å²) < 4.78 is 5.75. The predicted octanol–water partition coefficient (Wildman–Crippen LogP) is 3.97. The Hall–Kier alpha value is -1.38. The summed E-state index contributed by atoms with van der Waals surface area (Å²) in [5.41, 5.74) is 0.605. The van der Waals surface area contributed by atoms with E-state index in [0.29, 0.717) is 0 Å². The van der Waals surface area contributed by atoms with Crippen molar-refractivity contribution in [2.75, 3.05) is 0 Å². The predicted molar refractivity (Wildman–Crippen MR) is 65.9 cm³/mol. The SMILES string of the molecule is Cc1ccc(OC(C)(C)/N=N/C(C)C)cc1. The fourth-order valence-corrected chi connectivity index (χ4v) is 1.17. The second-order valence-electron chi connectivity index (χ2n) is 4.67. The molecule has 3 heteroatoms. The van der Waals surface area contributed by atoms with Gasteiger partial charge in [0.05, 0.1) is 6.04 Å². The molecule has 0 atom stereocenters. The Bertz CT molecular complexity index is 353. The molecule has 0 unspecified atom stereocenters. The Morgan fingerprint density at radius 3 is 2.19 bits per heavy atom. The number of nitrogens with zero attached hydrogens (tertiary/aromatic N) is 2. The minimum atomic E-state index is -0.612. The maximum atomic E-state index is 5.75. The van der Waals surface area contributed by atoms with Crippen LogP contribution < -0.4 is 4.74 Å². The lowest BCUT2D eigenvalue weighted by molar-refractivity contribution is 0.109. The molecule has 1 aromatic carbocycles. The van der Waals surface area contributed by atoms with Crippen LogP contribution in [0.1, 0.15) is 33.3 Å². The van der Waals surface area contributed by atoms with Crippen LogP contribution in [-0.4, -0.2) is 11.8 Å². The molecule has 88 valence electrons. The standard InChI is InChI=1S/C13H20N2O/c1-10(2)14-15-13(4,5)16-12-8-6-11(3)7-9-12/h6-10H,1-5H3/b15-14+. The van der Waals surface area contributed by atoms with Gasteiger partial charge in [-0.2, -0.15) is 5.11 Å². The highest BCUT2D eigenvalue weighted by molar-refractivity contribution is 5.26. The van der Waals surface area contributed by atoms with Crippen molar-refractivity contribution in [2.24, 2.45) is 10.2 Å². The van der Waals surface area contributed by atoms with E-state index in [0.717, 1.165) is 5.75 Å². The Morgan fingerprint density at radius 1 is 1.12 bits per heavy atom. The molecule has 0 N–H and O–H groups in total. The van der Waals surface area contributed by atoms with Gasteiger partial charge in [0, 0.05) is 0 Å². The molecule has 0 aliphatic rings. The van der Waals surface area contributed by atoms with Gasteiger partial charge in [0.1, 0.15) is 5.75 Å². The van der Waals surface area contributed by atoms with Crippen molar-refractivity contribution in [3.05, 3.63) is 29.8 Å². The zero-order chi connectivity index (χ0) is 12.2. The molecule has 0 heterocycles. The van der Waals surface area contributed by atoms with Gasteiger partial charge in [0.15, 0.2) is 0 Å². The lowest BCUT2D eigenvalue weighted by Gasteiger charge is -2.21. The first-order valence-electron chi connectivity index (χ1n) is 5.57.